The Labute approximate surface area is 213 Å². The van der Waals surface area contributed by atoms with Crippen LogP contribution in [0.15, 0.2) is 48.5 Å². The average molecular weight is 518 g/mol. The predicted octanol–water partition coefficient (Wildman–Crippen LogP) is 5.98. The van der Waals surface area contributed by atoms with Gasteiger partial charge in [0.05, 0.1) is 22.8 Å². The molecule has 1 aromatic heterocycles. The van der Waals surface area contributed by atoms with Crippen molar-refractivity contribution in [3.8, 4) is 5.75 Å². The Bertz CT molecular complexity index is 1220. The van der Waals surface area contributed by atoms with Crippen molar-refractivity contribution in [1.82, 2.24) is 15.2 Å². The molecule has 0 spiro atoms. The molecule has 0 radical (unpaired) electrons. The minimum Gasteiger partial charge on any atom is -0.490 e. The first-order chi connectivity index (χ1) is 16.9. The second-order valence-electron chi connectivity index (χ2n) is 9.07. The highest BCUT2D eigenvalue weighted by molar-refractivity contribution is 6.31. The van der Waals surface area contributed by atoms with E-state index in [2.05, 4.69) is 5.32 Å². The van der Waals surface area contributed by atoms with E-state index in [1.165, 1.54) is 12.1 Å². The number of amides is 1. The lowest BCUT2D eigenvalue weighted by Gasteiger charge is -2.33. The topological polar surface area (TPSA) is 63.7 Å². The van der Waals surface area contributed by atoms with E-state index < -0.39 is 5.82 Å². The minimum atomic E-state index is -0.541. The summed E-state index contributed by atoms with van der Waals surface area (Å²) in [5.74, 6) is -0.182. The van der Waals surface area contributed by atoms with Crippen molar-refractivity contribution in [2.24, 2.45) is 0 Å². The number of ether oxygens (including phenoxy) is 2. The van der Waals surface area contributed by atoms with Crippen molar-refractivity contribution in [2.75, 3.05) is 13.2 Å². The first kappa shape index (κ1) is 24.1. The number of cyclic esters (lactones) is 1. The second kappa shape index (κ2) is 10.6. The smallest absolute Gasteiger partial charge is 0.410 e. The van der Waals surface area contributed by atoms with Crippen molar-refractivity contribution in [3.05, 3.63) is 70.1 Å². The number of aromatic nitrogens is 1. The van der Waals surface area contributed by atoms with Gasteiger partial charge in [-0.25, -0.2) is 9.18 Å². The molecule has 2 heterocycles. The van der Waals surface area contributed by atoms with Crippen LogP contribution < -0.4 is 10.1 Å². The van der Waals surface area contributed by atoms with Crippen LogP contribution in [0.2, 0.25) is 10.0 Å². The Hall–Kier alpha value is -2.61. The number of halogens is 3. The largest absolute Gasteiger partial charge is 0.490 e. The van der Waals surface area contributed by atoms with Crippen molar-refractivity contribution < 1.29 is 18.7 Å². The van der Waals surface area contributed by atoms with E-state index in [0.29, 0.717) is 29.9 Å². The normalized spacial score (nSPS) is 22.4. The van der Waals surface area contributed by atoms with E-state index in [-0.39, 0.29) is 29.9 Å². The first-order valence-corrected chi connectivity index (χ1v) is 12.5. The zero-order valence-electron chi connectivity index (χ0n) is 19.1. The van der Waals surface area contributed by atoms with Gasteiger partial charge in [-0.2, -0.15) is 0 Å². The number of rotatable bonds is 7. The lowest BCUT2D eigenvalue weighted by molar-refractivity contribution is 0.0999. The van der Waals surface area contributed by atoms with Gasteiger partial charge in [-0.1, -0.05) is 29.3 Å². The molecule has 1 amide bonds. The van der Waals surface area contributed by atoms with Crippen LogP contribution in [-0.4, -0.2) is 47.3 Å². The number of hydrogen-bond donors (Lipinski definition) is 1. The molecule has 1 saturated carbocycles. The third kappa shape index (κ3) is 5.80. The van der Waals surface area contributed by atoms with Gasteiger partial charge in [-0.15, -0.1) is 0 Å². The highest BCUT2D eigenvalue weighted by Gasteiger charge is 2.38. The Morgan fingerprint density at radius 3 is 2.71 bits per heavy atom. The van der Waals surface area contributed by atoms with E-state index in [4.69, 9.17) is 37.7 Å². The van der Waals surface area contributed by atoms with Crippen LogP contribution in [-0.2, 0) is 11.3 Å². The summed E-state index contributed by atoms with van der Waals surface area (Å²) in [6.07, 6.45) is 3.08. The second-order valence-corrected chi connectivity index (χ2v) is 9.91. The quantitative estimate of drug-likeness (QED) is 0.417. The third-order valence-electron chi connectivity index (χ3n) is 6.65. The third-order valence-corrected chi connectivity index (χ3v) is 7.19. The number of fused-ring (bicyclic) bond motifs is 1. The van der Waals surface area contributed by atoms with Crippen molar-refractivity contribution in [1.29, 1.82) is 0 Å². The van der Waals surface area contributed by atoms with Crippen molar-refractivity contribution >= 4 is 40.2 Å². The molecular formula is C26H26Cl2FN3O3. The molecule has 2 aromatic carbocycles. The van der Waals surface area contributed by atoms with Crippen LogP contribution in [0.1, 0.15) is 31.4 Å². The van der Waals surface area contributed by atoms with Gasteiger partial charge in [0.2, 0.25) is 0 Å². The molecule has 35 heavy (non-hydrogen) atoms. The van der Waals surface area contributed by atoms with Crippen molar-refractivity contribution in [3.63, 3.8) is 0 Å². The van der Waals surface area contributed by atoms with E-state index in [0.717, 1.165) is 42.3 Å². The number of carbonyl (C=O) groups excluding carboxylic acids is 1. The molecule has 3 aromatic rings. The Kier molecular flexibility index (Phi) is 7.27. The molecule has 2 fully saturated rings. The fourth-order valence-corrected chi connectivity index (χ4v) is 5.06. The summed E-state index contributed by atoms with van der Waals surface area (Å²) in [6.45, 7) is 1.35. The Balaban J connectivity index is 1.07. The number of nitrogens with one attached hydrogen (secondary N) is 1. The molecule has 1 N–H and O–H groups in total. The number of carbonyl (C=O) groups is 1. The zero-order chi connectivity index (χ0) is 24.4. The van der Waals surface area contributed by atoms with Crippen LogP contribution in [0, 0.1) is 5.82 Å². The van der Waals surface area contributed by atoms with E-state index >= 15 is 0 Å². The van der Waals surface area contributed by atoms with Gasteiger partial charge >= 0.3 is 6.09 Å². The van der Waals surface area contributed by atoms with Crippen LogP contribution in [0.3, 0.4) is 0 Å². The molecule has 6 nitrogen and oxygen atoms in total. The van der Waals surface area contributed by atoms with Crippen molar-refractivity contribution in [2.45, 2.75) is 50.4 Å². The van der Waals surface area contributed by atoms with Gasteiger partial charge in [-0.05, 0) is 62.1 Å². The summed E-state index contributed by atoms with van der Waals surface area (Å²) in [7, 11) is 0. The molecular weight excluding hydrogens is 492 g/mol. The summed E-state index contributed by atoms with van der Waals surface area (Å²) in [5, 5.41) is 5.39. The summed E-state index contributed by atoms with van der Waals surface area (Å²) in [6, 6.07) is 14.6. The first-order valence-electron chi connectivity index (χ1n) is 11.8. The number of benzene rings is 2. The van der Waals surface area contributed by atoms with Crippen LogP contribution in [0.4, 0.5) is 9.18 Å². The number of pyridine rings is 1. The number of hydrogen-bond acceptors (Lipinski definition) is 5. The minimum absolute atomic E-state index is 0.0415. The van der Waals surface area contributed by atoms with E-state index in [1.807, 2.05) is 35.2 Å². The lowest BCUT2D eigenvalue weighted by Crippen LogP contribution is -2.43. The van der Waals surface area contributed by atoms with Gasteiger partial charge in [0, 0.05) is 35.1 Å². The van der Waals surface area contributed by atoms with Gasteiger partial charge in [-0.3, -0.25) is 4.98 Å². The molecule has 1 atom stereocenters. The maximum Gasteiger partial charge on any atom is 0.410 e. The maximum absolute atomic E-state index is 13.6. The highest BCUT2D eigenvalue weighted by Crippen LogP contribution is 2.28. The van der Waals surface area contributed by atoms with Gasteiger partial charge < -0.3 is 19.7 Å². The van der Waals surface area contributed by atoms with E-state index in [1.54, 1.807) is 6.07 Å². The summed E-state index contributed by atoms with van der Waals surface area (Å²) < 4.78 is 24.7. The molecule has 1 aliphatic carbocycles. The zero-order valence-corrected chi connectivity index (χ0v) is 20.6. The Morgan fingerprint density at radius 1 is 1.09 bits per heavy atom. The molecule has 0 bridgehead atoms. The monoisotopic (exact) mass is 517 g/mol. The molecule has 1 unspecified atom stereocenters. The van der Waals surface area contributed by atoms with Gasteiger partial charge in [0.25, 0.3) is 0 Å². The van der Waals surface area contributed by atoms with Crippen LogP contribution in [0.25, 0.3) is 10.9 Å². The van der Waals surface area contributed by atoms with E-state index in [9.17, 15) is 9.18 Å². The highest BCUT2D eigenvalue weighted by atomic mass is 35.5. The fraction of sp³-hybridized carbons (Fsp3) is 0.385. The standard InChI is InChI=1S/C26H26Cl2FN3O3/c27-17-2-10-25-16(11-17)1-3-19(31-25)13-30-18-4-6-20(7-5-18)32-14-22(35-26(32)33)15-34-21-8-9-23(28)24(29)12-21/h1-3,8-12,18,20,22,30H,4-7,13-15H2. The van der Waals surface area contributed by atoms with Crippen LogP contribution >= 0.6 is 23.2 Å². The summed E-state index contributed by atoms with van der Waals surface area (Å²) in [5.41, 5.74) is 1.93. The SMILES string of the molecule is O=C1OC(COc2ccc(Cl)c(F)c2)CN1C1CCC(NCc2ccc3cc(Cl)ccc3n2)CC1. The molecule has 5 rings (SSSR count). The average Bonchev–Trinajstić information content (AvgIpc) is 3.24. The molecule has 184 valence electrons. The molecule has 9 heteroatoms. The maximum atomic E-state index is 13.6. The van der Waals surface area contributed by atoms with Gasteiger partial charge in [0.15, 0.2) is 6.10 Å². The van der Waals surface area contributed by atoms with Crippen LogP contribution in [0.5, 0.6) is 5.75 Å². The van der Waals surface area contributed by atoms with Gasteiger partial charge in [0.1, 0.15) is 18.2 Å². The molecule has 2 aliphatic rings. The Morgan fingerprint density at radius 2 is 1.91 bits per heavy atom. The summed E-state index contributed by atoms with van der Waals surface area (Å²) in [4.78, 5) is 19.0. The lowest BCUT2D eigenvalue weighted by atomic mass is 9.90. The molecule has 1 saturated heterocycles. The predicted molar refractivity (Wildman–Crippen MR) is 134 cm³/mol. The summed E-state index contributed by atoms with van der Waals surface area (Å²) >= 11 is 11.8. The number of nitrogens with zero attached hydrogens (tertiary/aromatic N) is 2. The molecule has 1 aliphatic heterocycles. The fourth-order valence-electron chi connectivity index (χ4n) is 4.76.